The number of methoxy groups -OCH3 is 1. The smallest absolute Gasteiger partial charge is 0.239 e. The average Bonchev–Trinajstić information content (AvgIpc) is 2.32. The molecule has 0 saturated heterocycles. The van der Waals surface area contributed by atoms with E-state index in [4.69, 9.17) is 21.6 Å². The summed E-state index contributed by atoms with van der Waals surface area (Å²) < 4.78 is 27.8. The number of amides is 1. The van der Waals surface area contributed by atoms with Gasteiger partial charge in [0.05, 0.1) is 18.9 Å². The molecule has 108 valence electrons. The molecule has 1 aromatic carbocycles. The number of anilines is 1. The Bertz CT molecular complexity index is 665. The molecule has 0 atom stereocenters. The quantitative estimate of drug-likeness (QED) is 0.888. The number of benzene rings is 1. The lowest BCUT2D eigenvalue weighted by atomic mass is 10.2. The Morgan fingerprint density at radius 2 is 2.15 bits per heavy atom. The van der Waals surface area contributed by atoms with Crippen molar-refractivity contribution in [2.24, 2.45) is 0 Å². The Balaban J connectivity index is 2.92. The van der Waals surface area contributed by atoms with E-state index >= 15 is 0 Å². The van der Waals surface area contributed by atoms with Gasteiger partial charge in [-0.1, -0.05) is 11.6 Å². The zero-order valence-corrected chi connectivity index (χ0v) is 12.5. The van der Waals surface area contributed by atoms with Crippen LogP contribution in [0.15, 0.2) is 12.1 Å². The first-order chi connectivity index (χ1) is 9.29. The number of nitrogens with one attached hydrogen (secondary N) is 1. The van der Waals surface area contributed by atoms with Crippen molar-refractivity contribution < 1.29 is 17.9 Å². The Labute approximate surface area is 122 Å². The van der Waals surface area contributed by atoms with Crippen LogP contribution < -0.4 is 10.1 Å². The third kappa shape index (κ3) is 4.40. The van der Waals surface area contributed by atoms with Gasteiger partial charge in [-0.2, -0.15) is 5.26 Å². The van der Waals surface area contributed by atoms with Gasteiger partial charge < -0.3 is 10.1 Å². The van der Waals surface area contributed by atoms with Gasteiger partial charge in [0.2, 0.25) is 5.91 Å². The second-order valence-corrected chi connectivity index (χ2v) is 6.51. The Hall–Kier alpha value is -1.78. The molecule has 6 nitrogen and oxygen atoms in total. The van der Waals surface area contributed by atoms with Crippen LogP contribution in [0.1, 0.15) is 5.56 Å². The van der Waals surface area contributed by atoms with Crippen molar-refractivity contribution in [3.05, 3.63) is 22.7 Å². The summed E-state index contributed by atoms with van der Waals surface area (Å²) in [7, 11) is -2.32. The lowest BCUT2D eigenvalue weighted by molar-refractivity contribution is -0.113. The summed E-state index contributed by atoms with van der Waals surface area (Å²) in [6.07, 6.45) is 0. The fraction of sp³-hybridized carbons (Fsp3) is 0.333. The van der Waals surface area contributed by atoms with Gasteiger partial charge in [-0.05, 0) is 18.6 Å². The molecule has 1 amide bonds. The van der Waals surface area contributed by atoms with Gasteiger partial charge >= 0.3 is 0 Å². The van der Waals surface area contributed by atoms with Gasteiger partial charge in [-0.3, -0.25) is 4.79 Å². The fourth-order valence-electron chi connectivity index (χ4n) is 1.47. The van der Waals surface area contributed by atoms with Gasteiger partial charge in [0, 0.05) is 11.1 Å². The van der Waals surface area contributed by atoms with E-state index in [1.807, 2.05) is 0 Å². The van der Waals surface area contributed by atoms with E-state index in [9.17, 15) is 13.2 Å². The summed E-state index contributed by atoms with van der Waals surface area (Å²) >= 11 is 5.92. The second-order valence-electron chi connectivity index (χ2n) is 4.04. The number of carbonyl (C=O) groups excluding carboxylic acids is 1. The van der Waals surface area contributed by atoms with Crippen LogP contribution in [0.25, 0.3) is 0 Å². The maximum absolute atomic E-state index is 11.7. The van der Waals surface area contributed by atoms with Crippen molar-refractivity contribution in [3.63, 3.8) is 0 Å². The highest BCUT2D eigenvalue weighted by atomic mass is 35.5. The van der Waals surface area contributed by atoms with Crippen LogP contribution in [-0.4, -0.2) is 32.9 Å². The van der Waals surface area contributed by atoms with E-state index in [0.717, 1.165) is 0 Å². The predicted molar refractivity (Wildman–Crippen MR) is 75.6 cm³/mol. The molecule has 0 aliphatic carbocycles. The van der Waals surface area contributed by atoms with E-state index in [1.54, 1.807) is 13.0 Å². The number of ether oxygens (including phenoxy) is 1. The molecule has 0 aliphatic heterocycles. The number of nitriles is 1. The Morgan fingerprint density at radius 3 is 2.70 bits per heavy atom. The van der Waals surface area contributed by atoms with E-state index in [0.29, 0.717) is 22.0 Å². The van der Waals surface area contributed by atoms with Crippen LogP contribution >= 0.6 is 11.6 Å². The van der Waals surface area contributed by atoms with Gasteiger partial charge in [0.25, 0.3) is 0 Å². The third-order valence-electron chi connectivity index (χ3n) is 2.39. The number of sulfone groups is 1. The van der Waals surface area contributed by atoms with Crippen LogP contribution in [0.2, 0.25) is 5.02 Å². The van der Waals surface area contributed by atoms with Gasteiger partial charge in [0.15, 0.2) is 9.84 Å². The number of nitrogens with zero attached hydrogens (tertiary/aromatic N) is 1. The zero-order valence-electron chi connectivity index (χ0n) is 10.9. The molecule has 8 heteroatoms. The number of hydrogen-bond acceptors (Lipinski definition) is 5. The lowest BCUT2D eigenvalue weighted by Crippen LogP contribution is -2.24. The first kappa shape index (κ1) is 16.3. The number of carbonyl (C=O) groups is 1. The fourth-order valence-corrected chi connectivity index (χ4v) is 2.39. The van der Waals surface area contributed by atoms with Crippen molar-refractivity contribution >= 4 is 33.0 Å². The first-order valence-corrected chi connectivity index (χ1v) is 7.70. The standard InChI is InChI=1S/C12H13ClN2O4S/c1-8-5-10(11(19-2)6-9(8)13)15-12(16)7-20(17,18)4-3-14/h5-6H,4,7H2,1-2H3,(H,15,16). The summed E-state index contributed by atoms with van der Waals surface area (Å²) in [4.78, 5) is 11.7. The Kier molecular flexibility index (Phi) is 5.36. The van der Waals surface area contributed by atoms with Crippen LogP contribution in [0.3, 0.4) is 0 Å². The molecule has 0 fully saturated rings. The van der Waals surface area contributed by atoms with Gasteiger partial charge in [-0.15, -0.1) is 0 Å². The molecule has 0 bridgehead atoms. The molecular weight excluding hydrogens is 304 g/mol. The minimum absolute atomic E-state index is 0.326. The van der Waals surface area contributed by atoms with Crippen LogP contribution in [0, 0.1) is 18.3 Å². The number of aryl methyl sites for hydroxylation is 1. The number of halogens is 1. The molecule has 1 aromatic rings. The molecule has 20 heavy (non-hydrogen) atoms. The first-order valence-electron chi connectivity index (χ1n) is 5.50. The van der Waals surface area contributed by atoms with E-state index in [1.165, 1.54) is 19.2 Å². The zero-order chi connectivity index (χ0) is 15.3. The molecule has 0 radical (unpaired) electrons. The minimum Gasteiger partial charge on any atom is -0.495 e. The van der Waals surface area contributed by atoms with Gasteiger partial charge in [0.1, 0.15) is 17.3 Å². The highest BCUT2D eigenvalue weighted by molar-refractivity contribution is 7.92. The molecule has 0 saturated carbocycles. The maximum atomic E-state index is 11.7. The highest BCUT2D eigenvalue weighted by Gasteiger charge is 2.18. The average molecular weight is 317 g/mol. The highest BCUT2D eigenvalue weighted by Crippen LogP contribution is 2.30. The van der Waals surface area contributed by atoms with Crippen molar-refractivity contribution in [3.8, 4) is 11.8 Å². The number of rotatable bonds is 5. The summed E-state index contributed by atoms with van der Waals surface area (Å²) in [5.41, 5.74) is 1.04. The predicted octanol–water partition coefficient (Wildman–Crippen LogP) is 1.53. The van der Waals surface area contributed by atoms with Crippen LogP contribution in [-0.2, 0) is 14.6 Å². The molecular formula is C12H13ClN2O4S. The summed E-state index contributed by atoms with van der Waals surface area (Å²) in [6.45, 7) is 1.74. The van der Waals surface area contributed by atoms with Crippen LogP contribution in [0.4, 0.5) is 5.69 Å². The molecule has 0 aromatic heterocycles. The monoisotopic (exact) mass is 316 g/mol. The molecule has 0 unspecified atom stereocenters. The molecule has 0 aliphatic rings. The van der Waals surface area contributed by atoms with E-state index in [2.05, 4.69) is 5.32 Å². The van der Waals surface area contributed by atoms with Gasteiger partial charge in [-0.25, -0.2) is 8.42 Å². The normalized spacial score (nSPS) is 10.7. The summed E-state index contributed by atoms with van der Waals surface area (Å²) in [6, 6.07) is 4.61. The summed E-state index contributed by atoms with van der Waals surface area (Å²) in [5.74, 6) is -1.87. The maximum Gasteiger partial charge on any atom is 0.239 e. The molecule has 1 rings (SSSR count). The molecule has 0 heterocycles. The topological polar surface area (TPSA) is 96.3 Å². The van der Waals surface area contributed by atoms with E-state index < -0.39 is 27.3 Å². The second kappa shape index (κ2) is 6.59. The lowest BCUT2D eigenvalue weighted by Gasteiger charge is -2.12. The van der Waals surface area contributed by atoms with Crippen molar-refractivity contribution in [2.45, 2.75) is 6.92 Å². The number of hydrogen-bond donors (Lipinski definition) is 1. The van der Waals surface area contributed by atoms with Crippen LogP contribution in [0.5, 0.6) is 5.75 Å². The minimum atomic E-state index is -3.73. The van der Waals surface area contributed by atoms with Crippen molar-refractivity contribution in [1.29, 1.82) is 5.26 Å². The van der Waals surface area contributed by atoms with Crippen molar-refractivity contribution in [2.75, 3.05) is 23.9 Å². The summed E-state index contributed by atoms with van der Waals surface area (Å²) in [5, 5.41) is 11.3. The largest absolute Gasteiger partial charge is 0.495 e. The SMILES string of the molecule is COc1cc(Cl)c(C)cc1NC(=O)CS(=O)(=O)CC#N. The van der Waals surface area contributed by atoms with Crippen molar-refractivity contribution in [1.82, 2.24) is 0 Å². The van der Waals surface area contributed by atoms with E-state index in [-0.39, 0.29) is 0 Å². The third-order valence-corrected chi connectivity index (χ3v) is 4.07. The molecule has 1 N–H and O–H groups in total. The Morgan fingerprint density at radius 1 is 1.50 bits per heavy atom. The molecule has 0 spiro atoms.